The third kappa shape index (κ3) is 2.04. The van der Waals surface area contributed by atoms with Crippen LogP contribution in [0.1, 0.15) is 24.8 Å². The SMILES string of the molecule is COc1ccccc1C=C[C@@H]1C[C@H]2CN(C)C(=O)[C@]23CCCN13. The molecule has 0 bridgehead atoms. The largest absolute Gasteiger partial charge is 0.496 e. The van der Waals surface area contributed by atoms with E-state index in [0.717, 1.165) is 43.7 Å². The Kier molecular flexibility index (Phi) is 3.45. The Labute approximate surface area is 137 Å². The zero-order chi connectivity index (χ0) is 16.0. The number of ether oxygens (including phenoxy) is 1. The molecule has 4 nitrogen and oxygen atoms in total. The molecule has 3 atom stereocenters. The summed E-state index contributed by atoms with van der Waals surface area (Å²) in [4.78, 5) is 17.2. The monoisotopic (exact) mass is 312 g/mol. The minimum Gasteiger partial charge on any atom is -0.496 e. The predicted molar refractivity (Wildman–Crippen MR) is 90.2 cm³/mol. The number of carbonyl (C=O) groups excluding carboxylic acids is 1. The maximum absolute atomic E-state index is 12.8. The molecule has 122 valence electrons. The number of likely N-dealkylation sites (tertiary alicyclic amines) is 1. The van der Waals surface area contributed by atoms with Gasteiger partial charge >= 0.3 is 0 Å². The van der Waals surface area contributed by atoms with Gasteiger partial charge in [0.1, 0.15) is 11.3 Å². The van der Waals surface area contributed by atoms with Gasteiger partial charge in [-0.2, -0.15) is 0 Å². The highest BCUT2D eigenvalue weighted by Crippen LogP contribution is 2.51. The first-order chi connectivity index (χ1) is 11.2. The molecule has 0 aromatic heterocycles. The fraction of sp³-hybridized carbons (Fsp3) is 0.526. The van der Waals surface area contributed by atoms with Crippen molar-refractivity contribution in [2.45, 2.75) is 30.8 Å². The van der Waals surface area contributed by atoms with Crippen LogP contribution in [0.4, 0.5) is 0 Å². The lowest BCUT2D eigenvalue weighted by atomic mass is 9.85. The molecule has 0 radical (unpaired) electrons. The molecule has 3 heterocycles. The first-order valence-electron chi connectivity index (χ1n) is 8.50. The first kappa shape index (κ1) is 14.8. The van der Waals surface area contributed by atoms with Gasteiger partial charge in [0, 0.05) is 31.1 Å². The number of hydrogen-bond acceptors (Lipinski definition) is 3. The van der Waals surface area contributed by atoms with Gasteiger partial charge in [-0.15, -0.1) is 0 Å². The van der Waals surface area contributed by atoms with Gasteiger partial charge in [0.05, 0.1) is 7.11 Å². The molecular formula is C19H24N2O2. The standard InChI is InChI=1S/C19H24N2O2/c1-20-13-15-12-16(21-11-5-10-19(15,21)18(20)22)9-8-14-6-3-4-7-17(14)23-2/h3-4,6-9,15-16H,5,10-13H2,1-2H3/t15-,16+,19-/m0/s1. The molecule has 1 spiro atoms. The summed E-state index contributed by atoms with van der Waals surface area (Å²) in [5.74, 6) is 1.72. The van der Waals surface area contributed by atoms with E-state index in [9.17, 15) is 4.79 Å². The van der Waals surface area contributed by atoms with Gasteiger partial charge in [0.2, 0.25) is 5.91 Å². The van der Waals surface area contributed by atoms with E-state index in [0.29, 0.717) is 17.9 Å². The molecule has 1 amide bonds. The minimum atomic E-state index is -0.204. The fourth-order valence-corrected chi connectivity index (χ4v) is 4.95. The second-order valence-electron chi connectivity index (χ2n) is 7.01. The highest BCUT2D eigenvalue weighted by Gasteiger charge is 2.63. The lowest BCUT2D eigenvalue weighted by molar-refractivity contribution is -0.135. The summed E-state index contributed by atoms with van der Waals surface area (Å²) in [5, 5.41) is 0. The van der Waals surface area contributed by atoms with Crippen LogP contribution in [0.25, 0.3) is 6.08 Å². The molecule has 0 unspecified atom stereocenters. The number of carbonyl (C=O) groups is 1. The highest BCUT2D eigenvalue weighted by molar-refractivity contribution is 5.90. The lowest BCUT2D eigenvalue weighted by Gasteiger charge is -2.32. The molecule has 4 heteroatoms. The number of nitrogens with zero attached hydrogens (tertiary/aromatic N) is 2. The maximum Gasteiger partial charge on any atom is 0.243 e. The number of methoxy groups -OCH3 is 1. The van der Waals surface area contributed by atoms with Crippen LogP contribution in [0.5, 0.6) is 5.75 Å². The minimum absolute atomic E-state index is 0.204. The molecule has 3 fully saturated rings. The van der Waals surface area contributed by atoms with Gasteiger partial charge in [0.25, 0.3) is 0 Å². The maximum atomic E-state index is 12.8. The third-order valence-corrected chi connectivity index (χ3v) is 5.92. The summed E-state index contributed by atoms with van der Waals surface area (Å²) < 4.78 is 5.43. The van der Waals surface area contributed by atoms with Crippen molar-refractivity contribution in [2.24, 2.45) is 5.92 Å². The summed E-state index contributed by atoms with van der Waals surface area (Å²) in [5.41, 5.74) is 0.897. The van der Waals surface area contributed by atoms with Crippen molar-refractivity contribution in [3.05, 3.63) is 35.9 Å². The van der Waals surface area contributed by atoms with Crippen LogP contribution in [-0.2, 0) is 4.79 Å². The fourth-order valence-electron chi connectivity index (χ4n) is 4.95. The average molecular weight is 312 g/mol. The van der Waals surface area contributed by atoms with Crippen LogP contribution in [0.2, 0.25) is 0 Å². The summed E-state index contributed by atoms with van der Waals surface area (Å²) >= 11 is 0. The lowest BCUT2D eigenvalue weighted by Crippen LogP contribution is -2.50. The van der Waals surface area contributed by atoms with Crippen LogP contribution in [-0.4, -0.2) is 54.5 Å². The zero-order valence-corrected chi connectivity index (χ0v) is 13.9. The van der Waals surface area contributed by atoms with E-state index in [4.69, 9.17) is 4.74 Å². The topological polar surface area (TPSA) is 32.8 Å². The molecule has 0 saturated carbocycles. The molecule has 3 aliphatic rings. The highest BCUT2D eigenvalue weighted by atomic mass is 16.5. The van der Waals surface area contributed by atoms with E-state index < -0.39 is 0 Å². The molecule has 0 N–H and O–H groups in total. The van der Waals surface area contributed by atoms with Crippen LogP contribution in [0.15, 0.2) is 30.3 Å². The number of hydrogen-bond donors (Lipinski definition) is 0. The van der Waals surface area contributed by atoms with Crippen molar-refractivity contribution < 1.29 is 9.53 Å². The Hall–Kier alpha value is -1.81. The van der Waals surface area contributed by atoms with Gasteiger partial charge < -0.3 is 9.64 Å². The van der Waals surface area contributed by atoms with Crippen molar-refractivity contribution in [1.29, 1.82) is 0 Å². The van der Waals surface area contributed by atoms with E-state index in [2.05, 4.69) is 23.1 Å². The number of benzene rings is 1. The quantitative estimate of drug-likeness (QED) is 0.859. The van der Waals surface area contributed by atoms with E-state index in [1.54, 1.807) is 7.11 Å². The van der Waals surface area contributed by atoms with Gasteiger partial charge in [-0.25, -0.2) is 0 Å². The smallest absolute Gasteiger partial charge is 0.243 e. The molecular weight excluding hydrogens is 288 g/mol. The summed E-state index contributed by atoms with van der Waals surface area (Å²) in [6.45, 7) is 1.95. The van der Waals surface area contributed by atoms with Crippen LogP contribution >= 0.6 is 0 Å². The van der Waals surface area contributed by atoms with Crippen LogP contribution < -0.4 is 4.74 Å². The zero-order valence-electron chi connectivity index (χ0n) is 13.9. The van der Waals surface area contributed by atoms with E-state index in [-0.39, 0.29) is 5.54 Å². The Morgan fingerprint density at radius 3 is 3.00 bits per heavy atom. The number of likely N-dealkylation sites (N-methyl/N-ethyl adjacent to an activating group) is 1. The van der Waals surface area contributed by atoms with E-state index in [1.807, 2.05) is 30.1 Å². The van der Waals surface area contributed by atoms with E-state index >= 15 is 0 Å². The van der Waals surface area contributed by atoms with Crippen molar-refractivity contribution in [1.82, 2.24) is 9.80 Å². The first-order valence-corrected chi connectivity index (χ1v) is 8.50. The normalized spacial score (nSPS) is 33.5. The Balaban J connectivity index is 1.60. The summed E-state index contributed by atoms with van der Waals surface area (Å²) in [6, 6.07) is 8.44. The van der Waals surface area contributed by atoms with Crippen molar-refractivity contribution in [2.75, 3.05) is 27.2 Å². The van der Waals surface area contributed by atoms with Gasteiger partial charge in [-0.05, 0) is 31.9 Å². The molecule has 1 aromatic carbocycles. The summed E-state index contributed by atoms with van der Waals surface area (Å²) in [6.07, 6.45) is 7.68. The Bertz CT molecular complexity index is 657. The van der Waals surface area contributed by atoms with Gasteiger partial charge in [-0.1, -0.05) is 30.4 Å². The number of rotatable bonds is 3. The van der Waals surface area contributed by atoms with E-state index in [1.165, 1.54) is 0 Å². The van der Waals surface area contributed by atoms with Crippen molar-refractivity contribution >= 4 is 12.0 Å². The van der Waals surface area contributed by atoms with Crippen molar-refractivity contribution in [3.8, 4) is 5.75 Å². The predicted octanol–water partition coefficient (Wildman–Crippen LogP) is 2.40. The van der Waals surface area contributed by atoms with Crippen molar-refractivity contribution in [3.63, 3.8) is 0 Å². The molecule has 3 aliphatic heterocycles. The molecule has 23 heavy (non-hydrogen) atoms. The third-order valence-electron chi connectivity index (χ3n) is 5.92. The molecule has 0 aliphatic carbocycles. The second-order valence-corrected chi connectivity index (χ2v) is 7.01. The molecule has 1 aromatic rings. The summed E-state index contributed by atoms with van der Waals surface area (Å²) in [7, 11) is 3.65. The molecule has 3 saturated heterocycles. The van der Waals surface area contributed by atoms with Gasteiger partial charge in [0.15, 0.2) is 0 Å². The van der Waals surface area contributed by atoms with Gasteiger partial charge in [-0.3, -0.25) is 9.69 Å². The second kappa shape index (κ2) is 5.38. The van der Waals surface area contributed by atoms with Crippen LogP contribution in [0.3, 0.4) is 0 Å². The number of para-hydroxylation sites is 1. The average Bonchev–Trinajstić information content (AvgIpc) is 3.18. The number of amides is 1. The molecule has 4 rings (SSSR count). The Morgan fingerprint density at radius 1 is 1.35 bits per heavy atom. The Morgan fingerprint density at radius 2 is 2.17 bits per heavy atom. The van der Waals surface area contributed by atoms with Crippen LogP contribution in [0, 0.1) is 5.92 Å².